The average Bonchev–Trinajstić information content (AvgIpc) is 2.54. The topological polar surface area (TPSA) is 81.4 Å². The van der Waals surface area contributed by atoms with E-state index in [1.165, 1.54) is 0 Å². The number of Topliss-reactive ketones (excluding diaryl/α,β-unsaturated/α-hetero) is 1. The van der Waals surface area contributed by atoms with Gasteiger partial charge in [0, 0.05) is 31.0 Å². The van der Waals surface area contributed by atoms with E-state index in [-0.39, 0.29) is 30.1 Å². The molecule has 2 rings (SSSR count). The summed E-state index contributed by atoms with van der Waals surface area (Å²) < 4.78 is 0. The van der Waals surface area contributed by atoms with Crippen molar-refractivity contribution in [3.05, 3.63) is 35.4 Å². The first-order valence-electron chi connectivity index (χ1n) is 7.51. The van der Waals surface area contributed by atoms with Gasteiger partial charge in [-0.2, -0.15) is 5.26 Å². The first-order valence-corrected chi connectivity index (χ1v) is 7.51. The second-order valence-corrected chi connectivity index (χ2v) is 5.77. The third-order valence-corrected chi connectivity index (χ3v) is 4.03. The Morgan fingerprint density at radius 3 is 2.45 bits per heavy atom. The Balaban J connectivity index is 1.92. The van der Waals surface area contributed by atoms with Crippen LogP contribution in [0.5, 0.6) is 0 Å². The van der Waals surface area contributed by atoms with Gasteiger partial charge in [-0.05, 0) is 25.0 Å². The monoisotopic (exact) mass is 300 g/mol. The molecule has 1 amide bonds. The number of aliphatic hydroxyl groups excluding tert-OH is 1. The Labute approximate surface area is 130 Å². The first kappa shape index (κ1) is 16.2. The first-order chi connectivity index (χ1) is 10.5. The van der Waals surface area contributed by atoms with E-state index in [0.717, 1.165) is 0 Å². The van der Waals surface area contributed by atoms with Crippen LogP contribution in [0.25, 0.3) is 0 Å². The SMILES string of the molecule is CC(CC(=O)c1ccc(C#N)cc1)C(=O)N1CCC(O)CC1. The van der Waals surface area contributed by atoms with Gasteiger partial charge in [0.05, 0.1) is 17.7 Å². The molecule has 0 saturated carbocycles. The van der Waals surface area contributed by atoms with E-state index in [4.69, 9.17) is 5.26 Å². The van der Waals surface area contributed by atoms with Crippen LogP contribution in [0.3, 0.4) is 0 Å². The molecule has 5 heteroatoms. The highest BCUT2D eigenvalue weighted by atomic mass is 16.3. The maximum atomic E-state index is 12.3. The number of amides is 1. The number of rotatable bonds is 4. The fourth-order valence-corrected chi connectivity index (χ4v) is 2.61. The lowest BCUT2D eigenvalue weighted by Gasteiger charge is -2.31. The van der Waals surface area contributed by atoms with E-state index in [2.05, 4.69) is 0 Å². The van der Waals surface area contributed by atoms with Crippen molar-refractivity contribution >= 4 is 11.7 Å². The molecule has 0 radical (unpaired) electrons. The molecule has 22 heavy (non-hydrogen) atoms. The minimum absolute atomic E-state index is 0.0334. The van der Waals surface area contributed by atoms with Gasteiger partial charge in [0.1, 0.15) is 0 Å². The normalized spacial score (nSPS) is 16.9. The Morgan fingerprint density at radius 1 is 1.32 bits per heavy atom. The molecule has 1 aromatic rings. The molecule has 116 valence electrons. The zero-order valence-corrected chi connectivity index (χ0v) is 12.7. The molecule has 5 nitrogen and oxygen atoms in total. The van der Waals surface area contributed by atoms with Crippen molar-refractivity contribution in [3.63, 3.8) is 0 Å². The zero-order chi connectivity index (χ0) is 16.1. The van der Waals surface area contributed by atoms with Crippen LogP contribution in [-0.4, -0.2) is 40.9 Å². The number of nitriles is 1. The molecule has 1 saturated heterocycles. The second kappa shape index (κ2) is 7.19. The predicted octanol–water partition coefficient (Wildman–Crippen LogP) is 1.75. The third-order valence-electron chi connectivity index (χ3n) is 4.03. The lowest BCUT2D eigenvalue weighted by atomic mass is 9.97. The largest absolute Gasteiger partial charge is 0.393 e. The van der Waals surface area contributed by atoms with Gasteiger partial charge in [-0.15, -0.1) is 0 Å². The van der Waals surface area contributed by atoms with Crippen molar-refractivity contribution < 1.29 is 14.7 Å². The summed E-state index contributed by atoms with van der Waals surface area (Å²) in [6.45, 7) is 2.86. The standard InChI is InChI=1S/C17H20N2O3/c1-12(17(22)19-8-6-15(20)7-9-19)10-16(21)14-4-2-13(11-18)3-5-14/h2-5,12,15,20H,6-10H2,1H3. The van der Waals surface area contributed by atoms with Gasteiger partial charge in [-0.3, -0.25) is 9.59 Å². The lowest BCUT2D eigenvalue weighted by Crippen LogP contribution is -2.42. The summed E-state index contributed by atoms with van der Waals surface area (Å²) in [7, 11) is 0. The molecule has 0 aliphatic carbocycles. The van der Waals surface area contributed by atoms with Crippen LogP contribution >= 0.6 is 0 Å². The fourth-order valence-electron chi connectivity index (χ4n) is 2.61. The maximum Gasteiger partial charge on any atom is 0.225 e. The quantitative estimate of drug-likeness (QED) is 0.859. The predicted molar refractivity (Wildman–Crippen MR) is 81.1 cm³/mol. The lowest BCUT2D eigenvalue weighted by molar-refractivity contribution is -0.136. The van der Waals surface area contributed by atoms with Gasteiger partial charge in [0.15, 0.2) is 5.78 Å². The Bertz CT molecular complexity index is 581. The molecule has 1 aromatic carbocycles. The molecule has 1 atom stereocenters. The number of nitrogens with zero attached hydrogens (tertiary/aromatic N) is 2. The van der Waals surface area contributed by atoms with E-state index in [0.29, 0.717) is 37.1 Å². The summed E-state index contributed by atoms with van der Waals surface area (Å²) in [5.74, 6) is -0.505. The van der Waals surface area contributed by atoms with Gasteiger partial charge in [0.2, 0.25) is 5.91 Å². The van der Waals surface area contributed by atoms with Gasteiger partial charge in [-0.25, -0.2) is 0 Å². The molecular formula is C17H20N2O3. The summed E-state index contributed by atoms with van der Waals surface area (Å²) in [6, 6.07) is 8.45. The van der Waals surface area contributed by atoms with E-state index < -0.39 is 0 Å². The summed E-state index contributed by atoms with van der Waals surface area (Å²) in [5, 5.41) is 18.2. The van der Waals surface area contributed by atoms with Crippen LogP contribution in [0, 0.1) is 17.2 Å². The van der Waals surface area contributed by atoms with Gasteiger partial charge >= 0.3 is 0 Å². The van der Waals surface area contributed by atoms with Gasteiger partial charge in [-0.1, -0.05) is 19.1 Å². The summed E-state index contributed by atoms with van der Waals surface area (Å²) in [5.41, 5.74) is 1.03. The van der Waals surface area contributed by atoms with Crippen molar-refractivity contribution in [2.24, 2.45) is 5.92 Å². The van der Waals surface area contributed by atoms with Crippen LogP contribution < -0.4 is 0 Å². The van der Waals surface area contributed by atoms with Crippen molar-refractivity contribution in [1.29, 1.82) is 5.26 Å². The smallest absolute Gasteiger partial charge is 0.225 e. The number of benzene rings is 1. The number of likely N-dealkylation sites (tertiary alicyclic amines) is 1. The minimum Gasteiger partial charge on any atom is -0.393 e. The van der Waals surface area contributed by atoms with Crippen molar-refractivity contribution in [3.8, 4) is 6.07 Å². The van der Waals surface area contributed by atoms with E-state index in [1.54, 1.807) is 36.1 Å². The fraction of sp³-hybridized carbons (Fsp3) is 0.471. The number of piperidine rings is 1. The van der Waals surface area contributed by atoms with Gasteiger partial charge < -0.3 is 10.0 Å². The number of hydrogen-bond donors (Lipinski definition) is 1. The Kier molecular flexibility index (Phi) is 5.29. The third kappa shape index (κ3) is 3.92. The summed E-state index contributed by atoms with van der Waals surface area (Å²) in [6.07, 6.45) is 1.04. The number of ketones is 1. The van der Waals surface area contributed by atoms with Crippen molar-refractivity contribution in [2.45, 2.75) is 32.3 Å². The Hall–Kier alpha value is -2.19. The van der Waals surface area contributed by atoms with E-state index in [9.17, 15) is 14.7 Å². The van der Waals surface area contributed by atoms with E-state index in [1.807, 2.05) is 6.07 Å². The number of carbonyl (C=O) groups is 2. The highest BCUT2D eigenvalue weighted by Crippen LogP contribution is 2.17. The molecule has 0 bridgehead atoms. The molecule has 1 heterocycles. The molecule has 1 aliphatic rings. The number of carbonyl (C=O) groups excluding carboxylic acids is 2. The molecule has 0 aromatic heterocycles. The van der Waals surface area contributed by atoms with Crippen LogP contribution in [0.1, 0.15) is 42.1 Å². The second-order valence-electron chi connectivity index (χ2n) is 5.77. The molecule has 1 unspecified atom stereocenters. The zero-order valence-electron chi connectivity index (χ0n) is 12.7. The summed E-state index contributed by atoms with van der Waals surface area (Å²) >= 11 is 0. The number of aliphatic hydroxyl groups is 1. The van der Waals surface area contributed by atoms with E-state index >= 15 is 0 Å². The molecule has 0 spiro atoms. The average molecular weight is 300 g/mol. The molecular weight excluding hydrogens is 280 g/mol. The highest BCUT2D eigenvalue weighted by molar-refractivity contribution is 5.98. The van der Waals surface area contributed by atoms with Crippen LogP contribution in [-0.2, 0) is 4.79 Å². The maximum absolute atomic E-state index is 12.3. The van der Waals surface area contributed by atoms with Crippen LogP contribution in [0.15, 0.2) is 24.3 Å². The van der Waals surface area contributed by atoms with Crippen LogP contribution in [0.2, 0.25) is 0 Å². The highest BCUT2D eigenvalue weighted by Gasteiger charge is 2.26. The number of hydrogen-bond acceptors (Lipinski definition) is 4. The Morgan fingerprint density at radius 2 is 1.91 bits per heavy atom. The van der Waals surface area contributed by atoms with Crippen LogP contribution in [0.4, 0.5) is 0 Å². The van der Waals surface area contributed by atoms with Crippen molar-refractivity contribution in [2.75, 3.05) is 13.1 Å². The molecule has 1 N–H and O–H groups in total. The molecule has 1 aliphatic heterocycles. The minimum atomic E-state index is -0.376. The van der Waals surface area contributed by atoms with Crippen molar-refractivity contribution in [1.82, 2.24) is 4.90 Å². The summed E-state index contributed by atoms with van der Waals surface area (Å²) in [4.78, 5) is 26.2. The molecule has 1 fully saturated rings. The van der Waals surface area contributed by atoms with Gasteiger partial charge in [0.25, 0.3) is 0 Å².